The van der Waals surface area contributed by atoms with Crippen LogP contribution in [0.3, 0.4) is 0 Å². The molecule has 0 radical (unpaired) electrons. The fraction of sp³-hybridized carbons (Fsp3) is 0.385. The van der Waals surface area contributed by atoms with Crippen molar-refractivity contribution in [1.82, 2.24) is 5.32 Å². The zero-order valence-electron chi connectivity index (χ0n) is 12.3. The van der Waals surface area contributed by atoms with E-state index < -0.39 is 54.2 Å². The van der Waals surface area contributed by atoms with Crippen LogP contribution in [-0.4, -0.2) is 47.1 Å². The van der Waals surface area contributed by atoms with Crippen molar-refractivity contribution in [1.29, 1.82) is 0 Å². The van der Waals surface area contributed by atoms with Crippen LogP contribution >= 0.6 is 0 Å². The number of hydrogen-bond donors (Lipinski definition) is 4. The zero-order chi connectivity index (χ0) is 18.5. The maximum atomic E-state index is 13.2. The van der Waals surface area contributed by atoms with Gasteiger partial charge in [-0.05, 0) is 19.1 Å². The molecule has 0 saturated heterocycles. The van der Waals surface area contributed by atoms with Crippen molar-refractivity contribution in [3.05, 3.63) is 24.0 Å². The Morgan fingerprint density at radius 2 is 1.92 bits per heavy atom. The number of hydrogen-bond acceptors (Lipinski definition) is 4. The van der Waals surface area contributed by atoms with Gasteiger partial charge in [0.05, 0.1) is 12.2 Å². The molecule has 0 spiro atoms. The predicted molar refractivity (Wildman–Crippen MR) is 73.2 cm³/mol. The van der Waals surface area contributed by atoms with E-state index in [1.165, 1.54) is 0 Å². The number of aliphatic carboxylic acids is 1. The SMILES string of the molecule is CC(O)(CNC(=O)Nc1cc(F)ccc1OCC(F)(F)F)C(=O)O. The number of ether oxygens (including phenoxy) is 1. The molecular weight excluding hydrogens is 340 g/mol. The quantitative estimate of drug-likeness (QED) is 0.582. The molecule has 1 unspecified atom stereocenters. The third-order valence-electron chi connectivity index (χ3n) is 2.64. The summed E-state index contributed by atoms with van der Waals surface area (Å²) in [5.41, 5.74) is -2.65. The Bertz CT molecular complexity index is 619. The smallest absolute Gasteiger partial charge is 0.422 e. The Kier molecular flexibility index (Phi) is 5.96. The first-order chi connectivity index (χ1) is 10.9. The van der Waals surface area contributed by atoms with Gasteiger partial charge in [-0.3, -0.25) is 0 Å². The molecule has 0 aromatic heterocycles. The molecule has 7 nitrogen and oxygen atoms in total. The van der Waals surface area contributed by atoms with Gasteiger partial charge in [-0.25, -0.2) is 14.0 Å². The van der Waals surface area contributed by atoms with Crippen LogP contribution in [0.4, 0.5) is 28.0 Å². The Morgan fingerprint density at radius 1 is 1.29 bits per heavy atom. The van der Waals surface area contributed by atoms with Gasteiger partial charge in [-0.15, -0.1) is 0 Å². The van der Waals surface area contributed by atoms with Crippen molar-refractivity contribution in [3.8, 4) is 5.75 Å². The Hall–Kier alpha value is -2.56. The lowest BCUT2D eigenvalue weighted by Gasteiger charge is -2.19. The van der Waals surface area contributed by atoms with Gasteiger partial charge in [-0.2, -0.15) is 13.2 Å². The molecule has 1 aromatic rings. The van der Waals surface area contributed by atoms with E-state index >= 15 is 0 Å². The minimum absolute atomic E-state index is 0.397. The van der Waals surface area contributed by atoms with Crippen molar-refractivity contribution in [3.63, 3.8) is 0 Å². The first-order valence-corrected chi connectivity index (χ1v) is 6.40. The molecule has 0 aliphatic heterocycles. The third kappa shape index (κ3) is 6.28. The molecule has 1 rings (SSSR count). The van der Waals surface area contributed by atoms with Crippen molar-refractivity contribution >= 4 is 17.7 Å². The summed E-state index contributed by atoms with van der Waals surface area (Å²) in [5.74, 6) is -2.88. The molecule has 0 fully saturated rings. The van der Waals surface area contributed by atoms with Gasteiger partial charge < -0.3 is 25.6 Å². The Morgan fingerprint density at radius 3 is 2.46 bits per heavy atom. The predicted octanol–water partition coefficient (Wildman–Crippen LogP) is 1.72. The van der Waals surface area contributed by atoms with E-state index in [9.17, 15) is 32.3 Å². The summed E-state index contributed by atoms with van der Waals surface area (Å²) in [4.78, 5) is 22.3. The second-order valence-corrected chi connectivity index (χ2v) is 4.93. The van der Waals surface area contributed by atoms with Crippen LogP contribution in [-0.2, 0) is 4.79 Å². The maximum absolute atomic E-state index is 13.2. The molecule has 0 saturated carbocycles. The number of carboxylic acid groups (broad SMARTS) is 1. The summed E-state index contributed by atoms with van der Waals surface area (Å²) in [6, 6.07) is 1.38. The average Bonchev–Trinajstić information content (AvgIpc) is 2.43. The van der Waals surface area contributed by atoms with Gasteiger partial charge >= 0.3 is 18.2 Å². The van der Waals surface area contributed by atoms with E-state index in [-0.39, 0.29) is 0 Å². The number of carbonyl (C=O) groups excluding carboxylic acids is 1. The molecule has 1 atom stereocenters. The zero-order valence-corrected chi connectivity index (χ0v) is 12.3. The highest BCUT2D eigenvalue weighted by molar-refractivity contribution is 5.91. The number of alkyl halides is 3. The fourth-order valence-electron chi connectivity index (χ4n) is 1.38. The molecule has 4 N–H and O–H groups in total. The molecule has 0 heterocycles. The molecule has 24 heavy (non-hydrogen) atoms. The molecule has 0 aliphatic rings. The van der Waals surface area contributed by atoms with Crippen LogP contribution in [0, 0.1) is 5.82 Å². The number of anilines is 1. The molecule has 0 aliphatic carbocycles. The number of carbonyl (C=O) groups is 2. The third-order valence-corrected chi connectivity index (χ3v) is 2.64. The Balaban J connectivity index is 2.77. The highest BCUT2D eigenvalue weighted by Gasteiger charge is 2.31. The topological polar surface area (TPSA) is 108 Å². The number of carboxylic acids is 1. The molecule has 11 heteroatoms. The van der Waals surface area contributed by atoms with Crippen molar-refractivity contribution in [2.24, 2.45) is 0 Å². The average molecular weight is 354 g/mol. The van der Waals surface area contributed by atoms with Gasteiger partial charge in [0.1, 0.15) is 11.6 Å². The summed E-state index contributed by atoms with van der Waals surface area (Å²) in [6.45, 7) is -1.42. The van der Waals surface area contributed by atoms with Gasteiger partial charge in [0.25, 0.3) is 0 Å². The summed E-state index contributed by atoms with van der Waals surface area (Å²) < 4.78 is 54.1. The van der Waals surface area contributed by atoms with Crippen LogP contribution in [0.5, 0.6) is 5.75 Å². The van der Waals surface area contributed by atoms with E-state index in [1.54, 1.807) is 0 Å². The molecule has 1 aromatic carbocycles. The van der Waals surface area contributed by atoms with E-state index in [0.29, 0.717) is 0 Å². The second kappa shape index (κ2) is 7.34. The maximum Gasteiger partial charge on any atom is 0.422 e. The van der Waals surface area contributed by atoms with E-state index in [1.807, 2.05) is 10.6 Å². The van der Waals surface area contributed by atoms with Crippen LogP contribution < -0.4 is 15.4 Å². The van der Waals surface area contributed by atoms with E-state index in [0.717, 1.165) is 25.1 Å². The fourth-order valence-corrected chi connectivity index (χ4v) is 1.38. The number of amides is 2. The van der Waals surface area contributed by atoms with Crippen LogP contribution in [0.2, 0.25) is 0 Å². The summed E-state index contributed by atoms with van der Waals surface area (Å²) in [6.07, 6.45) is -4.63. The minimum atomic E-state index is -4.63. The molecular formula is C13H14F4N2O5. The lowest BCUT2D eigenvalue weighted by atomic mass is 10.1. The highest BCUT2D eigenvalue weighted by Crippen LogP contribution is 2.27. The number of nitrogens with one attached hydrogen (secondary N) is 2. The summed E-state index contributed by atoms with van der Waals surface area (Å²) >= 11 is 0. The van der Waals surface area contributed by atoms with Crippen molar-refractivity contribution in [2.45, 2.75) is 18.7 Å². The van der Waals surface area contributed by atoms with E-state index in [4.69, 9.17) is 5.11 Å². The molecule has 2 amide bonds. The minimum Gasteiger partial charge on any atom is -0.482 e. The second-order valence-electron chi connectivity index (χ2n) is 4.93. The largest absolute Gasteiger partial charge is 0.482 e. The lowest BCUT2D eigenvalue weighted by Crippen LogP contribution is -2.47. The Labute approximate surface area is 133 Å². The van der Waals surface area contributed by atoms with Gasteiger partial charge in [-0.1, -0.05) is 0 Å². The normalized spacial score (nSPS) is 13.8. The van der Waals surface area contributed by atoms with Crippen LogP contribution in [0.25, 0.3) is 0 Å². The van der Waals surface area contributed by atoms with Crippen LogP contribution in [0.1, 0.15) is 6.92 Å². The van der Waals surface area contributed by atoms with Gasteiger partial charge in [0.2, 0.25) is 0 Å². The number of aliphatic hydroxyl groups is 1. The molecule has 134 valence electrons. The molecule has 0 bridgehead atoms. The first kappa shape index (κ1) is 19.5. The number of rotatable bonds is 6. The highest BCUT2D eigenvalue weighted by atomic mass is 19.4. The number of benzene rings is 1. The van der Waals surface area contributed by atoms with Gasteiger partial charge in [0.15, 0.2) is 12.2 Å². The van der Waals surface area contributed by atoms with Gasteiger partial charge in [0, 0.05) is 6.07 Å². The lowest BCUT2D eigenvalue weighted by molar-refractivity contribution is -0.155. The number of halogens is 4. The number of urea groups is 1. The standard InChI is InChI=1S/C13H14F4N2O5/c1-12(23,10(20)21)5-18-11(22)19-8-4-7(14)2-3-9(8)24-6-13(15,16)17/h2-4,23H,5-6H2,1H3,(H,20,21)(H2,18,19,22). The van der Waals surface area contributed by atoms with Crippen molar-refractivity contribution < 1.29 is 42.1 Å². The monoisotopic (exact) mass is 354 g/mol. The van der Waals surface area contributed by atoms with Crippen LogP contribution in [0.15, 0.2) is 18.2 Å². The summed E-state index contributed by atoms with van der Waals surface area (Å²) in [5, 5.41) is 22.1. The summed E-state index contributed by atoms with van der Waals surface area (Å²) in [7, 11) is 0. The van der Waals surface area contributed by atoms with E-state index in [2.05, 4.69) is 4.74 Å². The van der Waals surface area contributed by atoms with Crippen molar-refractivity contribution in [2.75, 3.05) is 18.5 Å². The first-order valence-electron chi connectivity index (χ1n) is 6.40.